The number of aromatic amines is 1. The smallest absolute Gasteiger partial charge is 0.225 e. The molecular weight excluding hydrogens is 362 g/mol. The first-order chi connectivity index (χ1) is 14.1. The number of nitrogens with one attached hydrogen (secondary N) is 2. The van der Waals surface area contributed by atoms with Gasteiger partial charge in [0, 0.05) is 29.2 Å². The largest absolute Gasteiger partial charge is 0.497 e. The second-order valence-electron chi connectivity index (χ2n) is 7.02. The summed E-state index contributed by atoms with van der Waals surface area (Å²) in [5.74, 6) is 1.35. The number of pyridine rings is 1. The van der Waals surface area contributed by atoms with Crippen molar-refractivity contribution >= 4 is 22.6 Å². The van der Waals surface area contributed by atoms with Gasteiger partial charge in [-0.15, -0.1) is 0 Å². The normalized spacial score (nSPS) is 10.8. The Bertz CT molecular complexity index is 1130. The molecule has 5 heteroatoms. The molecule has 29 heavy (non-hydrogen) atoms. The van der Waals surface area contributed by atoms with Crippen molar-refractivity contribution < 1.29 is 9.53 Å². The van der Waals surface area contributed by atoms with Crippen LogP contribution in [-0.4, -0.2) is 23.0 Å². The Kier molecular flexibility index (Phi) is 5.29. The molecule has 4 aromatic rings. The molecule has 2 aromatic heterocycles. The van der Waals surface area contributed by atoms with E-state index in [0.29, 0.717) is 18.7 Å². The molecule has 2 N–H and O–H groups in total. The van der Waals surface area contributed by atoms with E-state index in [9.17, 15) is 4.79 Å². The fourth-order valence-electron chi connectivity index (χ4n) is 3.45. The second kappa shape index (κ2) is 8.19. The molecule has 2 aromatic carbocycles. The highest BCUT2D eigenvalue weighted by molar-refractivity contribution is 5.93. The number of anilines is 1. The minimum absolute atomic E-state index is 0.0488. The van der Waals surface area contributed by atoms with E-state index in [1.165, 1.54) is 0 Å². The van der Waals surface area contributed by atoms with Gasteiger partial charge in [0.25, 0.3) is 0 Å². The van der Waals surface area contributed by atoms with E-state index in [0.717, 1.165) is 39.0 Å². The third-order valence-electron chi connectivity index (χ3n) is 4.97. The number of fused-ring (bicyclic) bond motifs is 1. The Hall–Kier alpha value is -3.60. The number of rotatable bonds is 6. The van der Waals surface area contributed by atoms with E-state index in [4.69, 9.17) is 4.74 Å². The number of methoxy groups -OCH3 is 1. The molecule has 0 aliphatic heterocycles. The van der Waals surface area contributed by atoms with Crippen LogP contribution in [0.2, 0.25) is 0 Å². The van der Waals surface area contributed by atoms with Crippen LogP contribution in [0.15, 0.2) is 66.9 Å². The molecule has 0 unspecified atom stereocenters. The van der Waals surface area contributed by atoms with Crippen molar-refractivity contribution in [1.82, 2.24) is 9.97 Å². The Balaban J connectivity index is 1.58. The number of para-hydroxylation sites is 1. The van der Waals surface area contributed by atoms with Gasteiger partial charge in [-0.05, 0) is 66.4 Å². The molecule has 0 fully saturated rings. The maximum atomic E-state index is 12.5. The fraction of sp³-hybridized carbons (Fsp3) is 0.167. The number of hydrogen-bond donors (Lipinski definition) is 2. The molecule has 0 saturated heterocycles. The molecule has 0 atom stereocenters. The Morgan fingerprint density at radius 1 is 1.07 bits per heavy atom. The number of hydrogen-bond acceptors (Lipinski definition) is 3. The van der Waals surface area contributed by atoms with Crippen LogP contribution in [0.25, 0.3) is 22.2 Å². The number of carbonyl (C=O) groups is 1. The van der Waals surface area contributed by atoms with Crippen LogP contribution in [0.5, 0.6) is 5.75 Å². The average molecular weight is 385 g/mol. The lowest BCUT2D eigenvalue weighted by atomic mass is 10.0. The molecule has 146 valence electrons. The summed E-state index contributed by atoms with van der Waals surface area (Å²) in [6.45, 7) is 1.97. The average Bonchev–Trinajstić information content (AvgIpc) is 3.12. The highest BCUT2D eigenvalue weighted by atomic mass is 16.5. The van der Waals surface area contributed by atoms with Gasteiger partial charge >= 0.3 is 0 Å². The van der Waals surface area contributed by atoms with Crippen molar-refractivity contribution in [1.29, 1.82) is 0 Å². The van der Waals surface area contributed by atoms with Gasteiger partial charge in [-0.3, -0.25) is 4.79 Å². The van der Waals surface area contributed by atoms with Crippen LogP contribution in [0, 0.1) is 6.92 Å². The lowest BCUT2D eigenvalue weighted by molar-refractivity contribution is -0.116. The SMILES string of the molecule is COc1ccc(-c2[nH]c3ccccc3c2CCC(=O)Nc2ccc(C)cn2)cc1. The number of H-pyrrole nitrogens is 1. The third kappa shape index (κ3) is 4.14. The summed E-state index contributed by atoms with van der Waals surface area (Å²) in [5, 5.41) is 4.02. The number of ether oxygens (including phenoxy) is 1. The van der Waals surface area contributed by atoms with Gasteiger partial charge in [0.1, 0.15) is 11.6 Å². The molecule has 1 amide bonds. The van der Waals surface area contributed by atoms with Gasteiger partial charge in [-0.1, -0.05) is 24.3 Å². The molecule has 0 radical (unpaired) electrons. The number of carbonyl (C=O) groups excluding carboxylic acids is 1. The van der Waals surface area contributed by atoms with E-state index in [2.05, 4.69) is 27.4 Å². The number of nitrogens with zero attached hydrogens (tertiary/aromatic N) is 1. The predicted octanol–water partition coefficient (Wildman–Crippen LogP) is 5.12. The van der Waals surface area contributed by atoms with Gasteiger partial charge in [-0.25, -0.2) is 4.98 Å². The number of benzene rings is 2. The maximum absolute atomic E-state index is 12.5. The molecule has 4 rings (SSSR count). The Labute approximate surface area is 169 Å². The van der Waals surface area contributed by atoms with E-state index in [1.807, 2.05) is 55.5 Å². The predicted molar refractivity (Wildman–Crippen MR) is 116 cm³/mol. The summed E-state index contributed by atoms with van der Waals surface area (Å²) in [6.07, 6.45) is 2.75. The molecular formula is C24H23N3O2. The first-order valence-electron chi connectivity index (χ1n) is 9.60. The van der Waals surface area contributed by atoms with Crippen LogP contribution in [0.3, 0.4) is 0 Å². The van der Waals surface area contributed by atoms with Crippen molar-refractivity contribution in [3.63, 3.8) is 0 Å². The zero-order chi connectivity index (χ0) is 20.2. The van der Waals surface area contributed by atoms with Crippen molar-refractivity contribution in [2.75, 3.05) is 12.4 Å². The number of aryl methyl sites for hydroxylation is 2. The van der Waals surface area contributed by atoms with Gasteiger partial charge in [0.05, 0.1) is 7.11 Å². The van der Waals surface area contributed by atoms with Gasteiger partial charge < -0.3 is 15.0 Å². The zero-order valence-electron chi connectivity index (χ0n) is 16.5. The van der Waals surface area contributed by atoms with E-state index >= 15 is 0 Å². The van der Waals surface area contributed by atoms with Crippen LogP contribution in [0.1, 0.15) is 17.5 Å². The molecule has 0 aliphatic carbocycles. The van der Waals surface area contributed by atoms with Gasteiger partial charge in [-0.2, -0.15) is 0 Å². The molecule has 0 spiro atoms. The van der Waals surface area contributed by atoms with Crippen molar-refractivity contribution in [3.8, 4) is 17.0 Å². The first-order valence-corrected chi connectivity index (χ1v) is 9.60. The molecule has 2 heterocycles. The van der Waals surface area contributed by atoms with E-state index in [1.54, 1.807) is 13.3 Å². The second-order valence-corrected chi connectivity index (χ2v) is 7.02. The highest BCUT2D eigenvalue weighted by Crippen LogP contribution is 2.32. The molecule has 5 nitrogen and oxygen atoms in total. The Morgan fingerprint density at radius 3 is 2.59 bits per heavy atom. The summed E-state index contributed by atoms with van der Waals surface area (Å²) in [7, 11) is 1.66. The summed E-state index contributed by atoms with van der Waals surface area (Å²) < 4.78 is 5.27. The summed E-state index contributed by atoms with van der Waals surface area (Å²) in [5.41, 5.74) is 5.37. The Morgan fingerprint density at radius 2 is 1.86 bits per heavy atom. The van der Waals surface area contributed by atoms with Crippen LogP contribution in [0.4, 0.5) is 5.82 Å². The van der Waals surface area contributed by atoms with Crippen molar-refractivity contribution in [3.05, 3.63) is 78.0 Å². The van der Waals surface area contributed by atoms with Gasteiger partial charge in [0.2, 0.25) is 5.91 Å². The third-order valence-corrected chi connectivity index (χ3v) is 4.97. The summed E-state index contributed by atoms with van der Waals surface area (Å²) in [6, 6.07) is 19.9. The topological polar surface area (TPSA) is 67.0 Å². The van der Waals surface area contributed by atoms with E-state index < -0.39 is 0 Å². The van der Waals surface area contributed by atoms with Crippen LogP contribution in [-0.2, 0) is 11.2 Å². The first kappa shape index (κ1) is 18.7. The highest BCUT2D eigenvalue weighted by Gasteiger charge is 2.15. The maximum Gasteiger partial charge on any atom is 0.225 e. The van der Waals surface area contributed by atoms with Crippen LogP contribution < -0.4 is 10.1 Å². The molecule has 0 aliphatic rings. The number of amides is 1. The van der Waals surface area contributed by atoms with Gasteiger partial charge in [0.15, 0.2) is 0 Å². The standard InChI is InChI=1S/C24H23N3O2/c1-16-7-13-22(25-15-16)27-23(28)14-12-20-19-5-3-4-6-21(19)26-24(20)17-8-10-18(29-2)11-9-17/h3-11,13,15,26H,12,14H2,1-2H3,(H,25,27,28). The lowest BCUT2D eigenvalue weighted by Gasteiger charge is -2.08. The molecule has 0 saturated carbocycles. The molecule has 0 bridgehead atoms. The quantitative estimate of drug-likeness (QED) is 0.484. The fourth-order valence-corrected chi connectivity index (χ4v) is 3.45. The lowest BCUT2D eigenvalue weighted by Crippen LogP contribution is -2.13. The number of aromatic nitrogens is 2. The minimum Gasteiger partial charge on any atom is -0.497 e. The minimum atomic E-state index is -0.0488. The van der Waals surface area contributed by atoms with Crippen molar-refractivity contribution in [2.24, 2.45) is 0 Å². The zero-order valence-corrected chi connectivity index (χ0v) is 16.5. The monoisotopic (exact) mass is 385 g/mol. The van der Waals surface area contributed by atoms with Crippen LogP contribution >= 0.6 is 0 Å². The van der Waals surface area contributed by atoms with Crippen molar-refractivity contribution in [2.45, 2.75) is 19.8 Å². The van der Waals surface area contributed by atoms with E-state index in [-0.39, 0.29) is 5.91 Å². The summed E-state index contributed by atoms with van der Waals surface area (Å²) >= 11 is 0. The summed E-state index contributed by atoms with van der Waals surface area (Å²) in [4.78, 5) is 20.2.